The number of aromatic nitrogens is 1. The second kappa shape index (κ2) is 9.21. The van der Waals surface area contributed by atoms with E-state index in [0.717, 1.165) is 0 Å². The van der Waals surface area contributed by atoms with Crippen LogP contribution < -0.4 is 15.4 Å². The van der Waals surface area contributed by atoms with Gasteiger partial charge in [0.25, 0.3) is 11.8 Å². The average molecular weight is 410 g/mol. The molecular weight excluding hydrogens is 390 g/mol. The number of nitrogens with one attached hydrogen (secondary N) is 2. The Morgan fingerprint density at radius 3 is 2.48 bits per heavy atom. The molecule has 29 heavy (non-hydrogen) atoms. The molecule has 0 radical (unpaired) electrons. The molecule has 1 aromatic heterocycles. The van der Waals surface area contributed by atoms with Crippen molar-refractivity contribution in [2.45, 2.75) is 20.0 Å². The SMILES string of the molecule is CC(C)Oc1cccc(C(=O)Nc2ccc(Cl)c(C(=O)Nc3cccnc3)c2)c1. The fourth-order valence-electron chi connectivity index (χ4n) is 2.60. The van der Waals surface area contributed by atoms with E-state index in [1.54, 1.807) is 54.7 Å². The summed E-state index contributed by atoms with van der Waals surface area (Å²) in [5.74, 6) is -0.105. The quantitative estimate of drug-likeness (QED) is 0.598. The first-order valence-corrected chi connectivity index (χ1v) is 9.39. The van der Waals surface area contributed by atoms with E-state index < -0.39 is 5.91 Å². The first-order chi connectivity index (χ1) is 13.9. The molecule has 2 amide bonds. The summed E-state index contributed by atoms with van der Waals surface area (Å²) in [5, 5.41) is 5.78. The van der Waals surface area contributed by atoms with E-state index >= 15 is 0 Å². The number of halogens is 1. The number of ether oxygens (including phenoxy) is 1. The van der Waals surface area contributed by atoms with E-state index in [9.17, 15) is 9.59 Å². The summed E-state index contributed by atoms with van der Waals surface area (Å²) in [4.78, 5) is 29.1. The van der Waals surface area contributed by atoms with Gasteiger partial charge in [0.2, 0.25) is 0 Å². The number of rotatable bonds is 6. The Bertz CT molecular complexity index is 1020. The summed E-state index contributed by atoms with van der Waals surface area (Å²) < 4.78 is 5.62. The van der Waals surface area contributed by atoms with Crippen LogP contribution in [0.2, 0.25) is 5.02 Å². The third-order valence-electron chi connectivity index (χ3n) is 3.86. The minimum atomic E-state index is -0.397. The van der Waals surface area contributed by atoms with Crippen LogP contribution in [-0.2, 0) is 0 Å². The molecule has 0 fully saturated rings. The number of pyridine rings is 1. The normalized spacial score (nSPS) is 10.5. The zero-order chi connectivity index (χ0) is 20.8. The molecule has 0 aliphatic carbocycles. The Morgan fingerprint density at radius 2 is 1.76 bits per heavy atom. The summed E-state index contributed by atoms with van der Waals surface area (Å²) in [6.07, 6.45) is 3.15. The molecule has 0 aliphatic rings. The lowest BCUT2D eigenvalue weighted by Crippen LogP contribution is -2.15. The van der Waals surface area contributed by atoms with Crippen LogP contribution in [-0.4, -0.2) is 22.9 Å². The third kappa shape index (κ3) is 5.56. The zero-order valence-electron chi connectivity index (χ0n) is 16.0. The van der Waals surface area contributed by atoms with Crippen LogP contribution in [0.25, 0.3) is 0 Å². The smallest absolute Gasteiger partial charge is 0.257 e. The van der Waals surface area contributed by atoms with Crippen LogP contribution >= 0.6 is 11.6 Å². The number of carbonyl (C=O) groups is 2. The van der Waals surface area contributed by atoms with E-state index in [-0.39, 0.29) is 22.6 Å². The Labute approximate surface area is 173 Å². The predicted molar refractivity (Wildman–Crippen MR) is 114 cm³/mol. The van der Waals surface area contributed by atoms with Crippen molar-refractivity contribution in [3.8, 4) is 5.75 Å². The van der Waals surface area contributed by atoms with Crippen molar-refractivity contribution in [3.63, 3.8) is 0 Å². The Balaban J connectivity index is 1.76. The van der Waals surface area contributed by atoms with E-state index in [4.69, 9.17) is 16.3 Å². The number of carbonyl (C=O) groups excluding carboxylic acids is 2. The molecule has 1 heterocycles. The minimum Gasteiger partial charge on any atom is -0.491 e. The highest BCUT2D eigenvalue weighted by atomic mass is 35.5. The van der Waals surface area contributed by atoms with Gasteiger partial charge in [0.1, 0.15) is 5.75 Å². The van der Waals surface area contributed by atoms with Gasteiger partial charge in [0.05, 0.1) is 28.6 Å². The van der Waals surface area contributed by atoms with Gasteiger partial charge in [-0.05, 0) is 62.4 Å². The van der Waals surface area contributed by atoms with Crippen LogP contribution in [0.3, 0.4) is 0 Å². The zero-order valence-corrected chi connectivity index (χ0v) is 16.7. The van der Waals surface area contributed by atoms with E-state index in [1.165, 1.54) is 12.3 Å². The highest BCUT2D eigenvalue weighted by molar-refractivity contribution is 6.34. The topological polar surface area (TPSA) is 80.3 Å². The van der Waals surface area contributed by atoms with Crippen LogP contribution in [0.15, 0.2) is 67.0 Å². The Kier molecular flexibility index (Phi) is 6.46. The number of benzene rings is 2. The van der Waals surface area contributed by atoms with Gasteiger partial charge in [-0.2, -0.15) is 0 Å². The van der Waals surface area contributed by atoms with Crippen molar-refractivity contribution in [2.75, 3.05) is 10.6 Å². The second-order valence-electron chi connectivity index (χ2n) is 6.54. The molecule has 0 saturated heterocycles. The number of hydrogen-bond acceptors (Lipinski definition) is 4. The molecule has 2 aromatic carbocycles. The number of hydrogen-bond donors (Lipinski definition) is 2. The lowest BCUT2D eigenvalue weighted by atomic mass is 10.1. The largest absolute Gasteiger partial charge is 0.491 e. The molecule has 6 nitrogen and oxygen atoms in total. The molecule has 7 heteroatoms. The Morgan fingerprint density at radius 1 is 0.966 bits per heavy atom. The first-order valence-electron chi connectivity index (χ1n) is 9.01. The predicted octanol–water partition coefficient (Wildman–Crippen LogP) is 5.03. The maximum Gasteiger partial charge on any atom is 0.257 e. The molecule has 148 valence electrons. The van der Waals surface area contributed by atoms with Crippen molar-refractivity contribution >= 4 is 34.8 Å². The lowest BCUT2D eigenvalue weighted by molar-refractivity contribution is 0.101. The monoisotopic (exact) mass is 409 g/mol. The molecule has 0 saturated carbocycles. The summed E-state index contributed by atoms with van der Waals surface area (Å²) in [6, 6.07) is 15.1. The fourth-order valence-corrected chi connectivity index (χ4v) is 2.80. The standard InChI is InChI=1S/C22H20ClN3O3/c1-14(2)29-18-7-3-5-15(11-18)21(27)25-16-8-9-20(23)19(12-16)22(28)26-17-6-4-10-24-13-17/h3-14H,1-2H3,(H,25,27)(H,26,28). The molecule has 3 aromatic rings. The van der Waals surface area contributed by atoms with Crippen molar-refractivity contribution < 1.29 is 14.3 Å². The van der Waals surface area contributed by atoms with Gasteiger partial charge >= 0.3 is 0 Å². The van der Waals surface area contributed by atoms with E-state index in [0.29, 0.717) is 22.7 Å². The summed E-state index contributed by atoms with van der Waals surface area (Å²) in [7, 11) is 0. The molecule has 0 unspecified atom stereocenters. The van der Waals surface area contributed by atoms with Gasteiger partial charge in [0.15, 0.2) is 0 Å². The molecular formula is C22H20ClN3O3. The van der Waals surface area contributed by atoms with Crippen LogP contribution in [0.4, 0.5) is 11.4 Å². The van der Waals surface area contributed by atoms with Crippen molar-refractivity contribution in [2.24, 2.45) is 0 Å². The number of anilines is 2. The van der Waals surface area contributed by atoms with Gasteiger partial charge < -0.3 is 15.4 Å². The van der Waals surface area contributed by atoms with Gasteiger partial charge in [-0.25, -0.2) is 0 Å². The fraction of sp³-hybridized carbons (Fsp3) is 0.136. The van der Waals surface area contributed by atoms with E-state index in [1.807, 2.05) is 13.8 Å². The van der Waals surface area contributed by atoms with Crippen LogP contribution in [0, 0.1) is 0 Å². The van der Waals surface area contributed by atoms with Crippen molar-refractivity contribution in [3.05, 3.63) is 83.1 Å². The Hall–Kier alpha value is -3.38. The molecule has 0 spiro atoms. The molecule has 0 atom stereocenters. The molecule has 0 aliphatic heterocycles. The first kappa shape index (κ1) is 20.4. The van der Waals surface area contributed by atoms with Crippen molar-refractivity contribution in [1.82, 2.24) is 4.98 Å². The van der Waals surface area contributed by atoms with Crippen molar-refractivity contribution in [1.29, 1.82) is 0 Å². The van der Waals surface area contributed by atoms with Gasteiger partial charge in [-0.3, -0.25) is 14.6 Å². The summed E-state index contributed by atoms with van der Waals surface area (Å²) >= 11 is 6.17. The lowest BCUT2D eigenvalue weighted by Gasteiger charge is -2.12. The van der Waals surface area contributed by atoms with Crippen LogP contribution in [0.1, 0.15) is 34.6 Å². The maximum atomic E-state index is 12.6. The van der Waals surface area contributed by atoms with Crippen LogP contribution in [0.5, 0.6) is 5.75 Å². The number of nitrogens with zero attached hydrogens (tertiary/aromatic N) is 1. The molecule has 0 bridgehead atoms. The molecule has 3 rings (SSSR count). The minimum absolute atomic E-state index is 0.00506. The summed E-state index contributed by atoms with van der Waals surface area (Å²) in [6.45, 7) is 3.83. The van der Waals surface area contributed by atoms with Gasteiger partial charge in [-0.1, -0.05) is 17.7 Å². The second-order valence-corrected chi connectivity index (χ2v) is 6.95. The maximum absolute atomic E-state index is 12.6. The van der Waals surface area contributed by atoms with E-state index in [2.05, 4.69) is 15.6 Å². The molecule has 2 N–H and O–H groups in total. The average Bonchev–Trinajstić information content (AvgIpc) is 2.70. The van der Waals surface area contributed by atoms with Gasteiger partial charge in [-0.15, -0.1) is 0 Å². The third-order valence-corrected chi connectivity index (χ3v) is 4.19. The summed E-state index contributed by atoms with van der Waals surface area (Å²) in [5.41, 5.74) is 1.68. The highest BCUT2D eigenvalue weighted by Gasteiger charge is 2.14. The highest BCUT2D eigenvalue weighted by Crippen LogP contribution is 2.23. The number of amides is 2. The van der Waals surface area contributed by atoms with Gasteiger partial charge in [0, 0.05) is 17.4 Å².